The number of hydrogen-bond acceptors (Lipinski definition) is 3. The lowest BCUT2D eigenvalue weighted by atomic mass is 10.2. The second kappa shape index (κ2) is 6.10. The molecule has 0 saturated heterocycles. The molecule has 0 bridgehead atoms. The second-order valence-electron chi connectivity index (χ2n) is 4.79. The maximum atomic E-state index is 12.3. The summed E-state index contributed by atoms with van der Waals surface area (Å²) in [5.74, 6) is 0.682. The molecule has 0 fully saturated rings. The quantitative estimate of drug-likeness (QED) is 0.649. The predicted octanol–water partition coefficient (Wildman–Crippen LogP) is 3.87. The fourth-order valence-corrected chi connectivity index (χ4v) is 2.93. The minimum Gasteiger partial charge on any atom is -0.495 e. The highest BCUT2D eigenvalue weighted by Gasteiger charge is 2.09. The summed E-state index contributed by atoms with van der Waals surface area (Å²) < 4.78 is 7.86. The summed E-state index contributed by atoms with van der Waals surface area (Å²) in [6.07, 6.45) is 1.67. The van der Waals surface area contributed by atoms with E-state index in [0.29, 0.717) is 17.4 Å². The molecule has 3 aromatic rings. The first kappa shape index (κ1) is 15.1. The Labute approximate surface area is 140 Å². The number of ether oxygens (including phenoxy) is 1. The molecule has 0 radical (unpaired) electrons. The molecule has 0 amide bonds. The summed E-state index contributed by atoms with van der Waals surface area (Å²) >= 11 is 9.25. The number of pyridine rings is 2. The molecule has 3 rings (SSSR count). The third-order valence-electron chi connectivity index (χ3n) is 3.39. The van der Waals surface area contributed by atoms with Gasteiger partial charge in [0.15, 0.2) is 0 Å². The molecular weight excluding hydrogens is 368 g/mol. The molecule has 0 aliphatic rings. The van der Waals surface area contributed by atoms with E-state index in [0.717, 1.165) is 20.9 Å². The summed E-state index contributed by atoms with van der Waals surface area (Å²) in [5.41, 5.74) is 1.63. The van der Waals surface area contributed by atoms with Crippen LogP contribution >= 0.6 is 27.5 Å². The number of benzene rings is 1. The van der Waals surface area contributed by atoms with Crippen molar-refractivity contribution in [3.63, 3.8) is 0 Å². The van der Waals surface area contributed by atoms with Crippen LogP contribution in [0.1, 0.15) is 5.56 Å². The maximum absolute atomic E-state index is 12.3. The van der Waals surface area contributed by atoms with Crippen molar-refractivity contribution < 1.29 is 4.74 Å². The van der Waals surface area contributed by atoms with Gasteiger partial charge in [0.2, 0.25) is 0 Å². The maximum Gasteiger partial charge on any atom is 0.251 e. The molecule has 2 aromatic heterocycles. The molecule has 0 spiro atoms. The Morgan fingerprint density at radius 3 is 2.77 bits per heavy atom. The van der Waals surface area contributed by atoms with Crippen molar-refractivity contribution in [3.05, 3.63) is 68.1 Å². The molecule has 22 heavy (non-hydrogen) atoms. The van der Waals surface area contributed by atoms with Crippen LogP contribution in [0.4, 0.5) is 0 Å². The lowest BCUT2D eigenvalue weighted by Gasteiger charge is -2.12. The van der Waals surface area contributed by atoms with Gasteiger partial charge in [-0.05, 0) is 45.1 Å². The zero-order chi connectivity index (χ0) is 15.7. The van der Waals surface area contributed by atoms with E-state index in [1.807, 2.05) is 18.2 Å². The minimum atomic E-state index is -0.0770. The molecular formula is C16H12BrClN2O2. The Bertz CT molecular complexity index is 891. The summed E-state index contributed by atoms with van der Waals surface area (Å²) in [4.78, 5) is 16.3. The van der Waals surface area contributed by atoms with Crippen LogP contribution in [0.15, 0.2) is 51.9 Å². The van der Waals surface area contributed by atoms with Crippen LogP contribution < -0.4 is 10.3 Å². The first-order valence-corrected chi connectivity index (χ1v) is 7.73. The third-order valence-corrected chi connectivity index (χ3v) is 4.24. The Morgan fingerprint density at radius 1 is 1.27 bits per heavy atom. The van der Waals surface area contributed by atoms with Gasteiger partial charge in [-0.25, -0.2) is 4.98 Å². The van der Waals surface area contributed by atoms with E-state index in [9.17, 15) is 4.79 Å². The van der Waals surface area contributed by atoms with E-state index < -0.39 is 0 Å². The van der Waals surface area contributed by atoms with E-state index >= 15 is 0 Å². The zero-order valence-corrected chi connectivity index (χ0v) is 14.1. The van der Waals surface area contributed by atoms with Gasteiger partial charge in [0.25, 0.3) is 5.56 Å². The largest absolute Gasteiger partial charge is 0.495 e. The highest BCUT2D eigenvalue weighted by molar-refractivity contribution is 9.10. The Balaban J connectivity index is 2.16. The van der Waals surface area contributed by atoms with Gasteiger partial charge in [0, 0.05) is 18.3 Å². The van der Waals surface area contributed by atoms with Crippen LogP contribution in [-0.4, -0.2) is 16.7 Å². The van der Waals surface area contributed by atoms with Gasteiger partial charge in [-0.2, -0.15) is 0 Å². The molecule has 112 valence electrons. The van der Waals surface area contributed by atoms with Crippen LogP contribution in [0.3, 0.4) is 0 Å². The van der Waals surface area contributed by atoms with Crippen molar-refractivity contribution in [2.45, 2.75) is 6.54 Å². The van der Waals surface area contributed by atoms with E-state index in [1.54, 1.807) is 36.1 Å². The molecule has 0 atom stereocenters. The fraction of sp³-hybridized carbons (Fsp3) is 0.125. The van der Waals surface area contributed by atoms with Crippen LogP contribution in [0, 0.1) is 0 Å². The molecule has 0 aliphatic heterocycles. The van der Waals surface area contributed by atoms with Crippen molar-refractivity contribution in [1.29, 1.82) is 0 Å². The van der Waals surface area contributed by atoms with Crippen molar-refractivity contribution >= 4 is 38.4 Å². The van der Waals surface area contributed by atoms with Gasteiger partial charge in [0.1, 0.15) is 10.9 Å². The number of halogens is 2. The standard InChI is InChI=1S/C16H12BrClN2O2/c1-22-14-7-13-11(6-12(14)17)3-5-16(21)20(13)9-10-2-4-15(18)19-8-10/h2-8H,9H2,1H3. The Kier molecular flexibility index (Phi) is 4.18. The number of methoxy groups -OCH3 is 1. The predicted molar refractivity (Wildman–Crippen MR) is 90.8 cm³/mol. The highest BCUT2D eigenvalue weighted by atomic mass is 79.9. The van der Waals surface area contributed by atoms with Gasteiger partial charge in [-0.1, -0.05) is 17.7 Å². The van der Waals surface area contributed by atoms with Crippen LogP contribution in [-0.2, 0) is 6.54 Å². The average Bonchev–Trinajstić information content (AvgIpc) is 2.52. The van der Waals surface area contributed by atoms with E-state index in [2.05, 4.69) is 20.9 Å². The molecule has 0 N–H and O–H groups in total. The van der Waals surface area contributed by atoms with Crippen LogP contribution in [0.5, 0.6) is 5.75 Å². The Morgan fingerprint density at radius 2 is 2.09 bits per heavy atom. The van der Waals surface area contributed by atoms with Crippen LogP contribution in [0.2, 0.25) is 5.15 Å². The van der Waals surface area contributed by atoms with Crippen molar-refractivity contribution in [2.24, 2.45) is 0 Å². The normalized spacial score (nSPS) is 10.9. The van der Waals surface area contributed by atoms with Gasteiger partial charge in [-0.3, -0.25) is 4.79 Å². The summed E-state index contributed by atoms with van der Waals surface area (Å²) in [5, 5.41) is 1.38. The first-order chi connectivity index (χ1) is 10.6. The lowest BCUT2D eigenvalue weighted by molar-refractivity contribution is 0.412. The van der Waals surface area contributed by atoms with E-state index in [-0.39, 0.29) is 5.56 Å². The highest BCUT2D eigenvalue weighted by Crippen LogP contribution is 2.29. The molecule has 0 aliphatic carbocycles. The average molecular weight is 380 g/mol. The molecule has 6 heteroatoms. The molecule has 0 saturated carbocycles. The van der Waals surface area contributed by atoms with Gasteiger partial charge >= 0.3 is 0 Å². The number of hydrogen-bond donors (Lipinski definition) is 0. The smallest absolute Gasteiger partial charge is 0.251 e. The SMILES string of the molecule is COc1cc2c(ccc(=O)n2Cc2ccc(Cl)nc2)cc1Br. The van der Waals surface area contributed by atoms with Crippen molar-refractivity contribution in [3.8, 4) is 5.75 Å². The van der Waals surface area contributed by atoms with E-state index in [1.165, 1.54) is 0 Å². The molecule has 4 nitrogen and oxygen atoms in total. The van der Waals surface area contributed by atoms with Gasteiger partial charge in [-0.15, -0.1) is 0 Å². The second-order valence-corrected chi connectivity index (χ2v) is 6.03. The molecule has 1 aromatic carbocycles. The fourth-order valence-electron chi connectivity index (χ4n) is 2.30. The number of aromatic nitrogens is 2. The number of nitrogens with zero attached hydrogens (tertiary/aromatic N) is 2. The monoisotopic (exact) mass is 378 g/mol. The lowest BCUT2D eigenvalue weighted by Crippen LogP contribution is -2.20. The van der Waals surface area contributed by atoms with Crippen LogP contribution in [0.25, 0.3) is 10.9 Å². The van der Waals surface area contributed by atoms with E-state index in [4.69, 9.17) is 16.3 Å². The van der Waals surface area contributed by atoms with Crippen molar-refractivity contribution in [2.75, 3.05) is 7.11 Å². The van der Waals surface area contributed by atoms with Gasteiger partial charge < -0.3 is 9.30 Å². The topological polar surface area (TPSA) is 44.1 Å². The molecule has 2 heterocycles. The number of fused-ring (bicyclic) bond motifs is 1. The summed E-state index contributed by atoms with van der Waals surface area (Å²) in [6.45, 7) is 0.422. The van der Waals surface area contributed by atoms with Crippen molar-refractivity contribution in [1.82, 2.24) is 9.55 Å². The summed E-state index contributed by atoms with van der Waals surface area (Å²) in [6, 6.07) is 10.7. The molecule has 0 unspecified atom stereocenters. The third kappa shape index (κ3) is 2.87. The Hall–Kier alpha value is -1.85. The zero-order valence-electron chi connectivity index (χ0n) is 11.7. The number of rotatable bonds is 3. The minimum absolute atomic E-state index is 0.0770. The summed E-state index contributed by atoms with van der Waals surface area (Å²) in [7, 11) is 1.60. The van der Waals surface area contributed by atoms with Gasteiger partial charge in [0.05, 0.1) is 23.6 Å². The first-order valence-electron chi connectivity index (χ1n) is 6.56.